The summed E-state index contributed by atoms with van der Waals surface area (Å²) < 4.78 is 18.5. The molecule has 1 aromatic carbocycles. The Morgan fingerprint density at radius 1 is 1.09 bits per heavy atom. The van der Waals surface area contributed by atoms with Crippen LogP contribution in [0.2, 0.25) is 0 Å². The molecule has 0 unspecified atom stereocenters. The van der Waals surface area contributed by atoms with Crippen molar-refractivity contribution in [3.63, 3.8) is 0 Å². The number of fused-ring (bicyclic) bond motifs is 1. The fourth-order valence-corrected chi connectivity index (χ4v) is 4.65. The molecule has 0 atom stereocenters. The third kappa shape index (κ3) is 4.09. The molecular weight excluding hydrogens is 474 g/mol. The maximum absolute atomic E-state index is 13.4. The number of amides is 1. The first-order valence-corrected chi connectivity index (χ1v) is 11.4. The van der Waals surface area contributed by atoms with Crippen molar-refractivity contribution in [1.29, 1.82) is 0 Å². The van der Waals surface area contributed by atoms with E-state index in [-0.39, 0.29) is 34.4 Å². The Morgan fingerprint density at radius 3 is 2.65 bits per heavy atom. The van der Waals surface area contributed by atoms with Crippen LogP contribution in [-0.2, 0) is 11.3 Å². The summed E-state index contributed by atoms with van der Waals surface area (Å²) in [6.07, 6.45) is 4.62. The second kappa shape index (κ2) is 9.16. The molecule has 1 fully saturated rings. The summed E-state index contributed by atoms with van der Waals surface area (Å²) in [4.78, 5) is 32.7. The third-order valence-electron chi connectivity index (χ3n) is 5.05. The Morgan fingerprint density at radius 2 is 1.88 bits per heavy atom. The zero-order chi connectivity index (χ0) is 23.7. The lowest BCUT2D eigenvalue weighted by atomic mass is 10.2. The highest BCUT2D eigenvalue weighted by Gasteiger charge is 2.33. The maximum atomic E-state index is 13.4. The predicted molar refractivity (Wildman–Crippen MR) is 132 cm³/mol. The number of carbonyl (C=O) groups excluding carboxylic acids is 1. The first kappa shape index (κ1) is 21.9. The van der Waals surface area contributed by atoms with Gasteiger partial charge in [0.2, 0.25) is 5.88 Å². The first-order valence-electron chi connectivity index (χ1n) is 10.1. The Kier molecular flexibility index (Phi) is 5.91. The molecule has 0 saturated carbocycles. The average Bonchev–Trinajstić information content (AvgIpc) is 3.46. The molecule has 1 saturated heterocycles. The van der Waals surface area contributed by atoms with E-state index < -0.39 is 0 Å². The highest BCUT2D eigenvalue weighted by atomic mass is 32.2. The van der Waals surface area contributed by atoms with Crippen molar-refractivity contribution < 1.29 is 18.7 Å². The van der Waals surface area contributed by atoms with Crippen LogP contribution in [0.3, 0.4) is 0 Å². The summed E-state index contributed by atoms with van der Waals surface area (Å²) in [6.45, 7) is 0.203. The van der Waals surface area contributed by atoms with Crippen LogP contribution in [0.1, 0.15) is 11.3 Å². The number of hydrogen-bond acceptors (Lipinski definition) is 8. The zero-order valence-electron chi connectivity index (χ0n) is 17.8. The van der Waals surface area contributed by atoms with Gasteiger partial charge < -0.3 is 13.9 Å². The molecule has 0 spiro atoms. The summed E-state index contributed by atoms with van der Waals surface area (Å²) >= 11 is 6.51. The van der Waals surface area contributed by atoms with E-state index >= 15 is 0 Å². The van der Waals surface area contributed by atoms with Gasteiger partial charge in [0.15, 0.2) is 11.5 Å². The molecule has 34 heavy (non-hydrogen) atoms. The smallest absolute Gasteiger partial charge is 0.269 e. The van der Waals surface area contributed by atoms with E-state index in [1.807, 2.05) is 0 Å². The molecule has 4 aromatic rings. The molecule has 170 valence electrons. The molecule has 1 amide bonds. The molecule has 4 heterocycles. The first-order chi connectivity index (χ1) is 16.5. The number of para-hydroxylation sites is 2. The standard InChI is InChI=1S/C24H17N3O5S2/c1-30-17-8-2-3-9-18(17)32-21-16(22(28)26-11-5-4-10-20(26)25-21)13-19-23(29)27(24(33)34-19)14-15-7-6-12-31-15/h2-13H,14H2,1H3/b19-13+. The summed E-state index contributed by atoms with van der Waals surface area (Å²) in [5, 5.41) is 0. The number of thiocarbonyl (C=S) groups is 1. The number of nitrogens with zero attached hydrogens (tertiary/aromatic N) is 3. The SMILES string of the molecule is COc1ccccc1Oc1nc2ccccn2c(=O)c1/C=C1/SC(=S)N(Cc2ccco2)C1=O. The van der Waals surface area contributed by atoms with E-state index in [9.17, 15) is 9.59 Å². The Hall–Kier alpha value is -3.89. The lowest BCUT2D eigenvalue weighted by Crippen LogP contribution is -2.27. The Labute approximate surface area is 203 Å². The van der Waals surface area contributed by atoms with E-state index in [1.54, 1.807) is 60.8 Å². The fraction of sp³-hybridized carbons (Fsp3) is 0.0833. The zero-order valence-corrected chi connectivity index (χ0v) is 19.5. The summed E-state index contributed by atoms with van der Waals surface area (Å²) in [5.41, 5.74) is 0.139. The molecule has 8 nitrogen and oxygen atoms in total. The van der Waals surface area contributed by atoms with Crippen molar-refractivity contribution >= 4 is 45.9 Å². The van der Waals surface area contributed by atoms with Crippen molar-refractivity contribution in [3.05, 3.63) is 93.6 Å². The van der Waals surface area contributed by atoms with Gasteiger partial charge in [-0.2, -0.15) is 4.98 Å². The van der Waals surface area contributed by atoms with Crippen LogP contribution in [-0.4, -0.2) is 31.6 Å². The lowest BCUT2D eigenvalue weighted by Gasteiger charge is -2.13. The van der Waals surface area contributed by atoms with Crippen molar-refractivity contribution in [2.45, 2.75) is 6.54 Å². The number of aromatic nitrogens is 2. The van der Waals surface area contributed by atoms with E-state index in [0.717, 1.165) is 11.8 Å². The largest absolute Gasteiger partial charge is 0.493 e. The van der Waals surface area contributed by atoms with Gasteiger partial charge in [-0.3, -0.25) is 18.9 Å². The van der Waals surface area contributed by atoms with Crippen molar-refractivity contribution in [1.82, 2.24) is 14.3 Å². The minimum Gasteiger partial charge on any atom is -0.493 e. The average molecular weight is 492 g/mol. The van der Waals surface area contributed by atoms with Gasteiger partial charge in [-0.25, -0.2) is 0 Å². The minimum absolute atomic E-state index is 0.0528. The lowest BCUT2D eigenvalue weighted by molar-refractivity contribution is -0.122. The number of pyridine rings is 1. The number of thioether (sulfide) groups is 1. The Balaban J connectivity index is 1.59. The van der Waals surface area contributed by atoms with Gasteiger partial charge in [0.05, 0.1) is 24.8 Å². The highest BCUT2D eigenvalue weighted by molar-refractivity contribution is 8.26. The van der Waals surface area contributed by atoms with Gasteiger partial charge >= 0.3 is 0 Å². The molecule has 10 heteroatoms. The van der Waals surface area contributed by atoms with Gasteiger partial charge in [-0.05, 0) is 42.5 Å². The topological polar surface area (TPSA) is 86.3 Å². The molecule has 0 aliphatic carbocycles. The normalized spacial score (nSPS) is 14.9. The van der Waals surface area contributed by atoms with Crippen LogP contribution >= 0.6 is 24.0 Å². The number of rotatable bonds is 6. The van der Waals surface area contributed by atoms with Gasteiger partial charge in [0.1, 0.15) is 21.3 Å². The highest BCUT2D eigenvalue weighted by Crippen LogP contribution is 2.36. The fourth-order valence-electron chi connectivity index (χ4n) is 3.42. The number of methoxy groups -OCH3 is 1. The number of ether oxygens (including phenoxy) is 2. The Bertz CT molecular complexity index is 1490. The molecule has 0 bridgehead atoms. The van der Waals surface area contributed by atoms with Crippen LogP contribution < -0.4 is 15.0 Å². The maximum Gasteiger partial charge on any atom is 0.269 e. The predicted octanol–water partition coefficient (Wildman–Crippen LogP) is 4.49. The van der Waals surface area contributed by atoms with E-state index in [2.05, 4.69) is 4.98 Å². The third-order valence-corrected chi connectivity index (χ3v) is 6.43. The van der Waals surface area contributed by atoms with Crippen molar-refractivity contribution in [3.8, 4) is 17.4 Å². The summed E-state index contributed by atoms with van der Waals surface area (Å²) in [7, 11) is 1.52. The van der Waals surface area contributed by atoms with Crippen molar-refractivity contribution in [2.75, 3.05) is 7.11 Å². The molecule has 0 radical (unpaired) electrons. The second-order valence-electron chi connectivity index (χ2n) is 7.16. The quantitative estimate of drug-likeness (QED) is 0.288. The van der Waals surface area contributed by atoms with Crippen molar-refractivity contribution in [2.24, 2.45) is 0 Å². The van der Waals surface area contributed by atoms with Gasteiger partial charge in [-0.1, -0.05) is 42.2 Å². The number of furan rings is 1. The van der Waals surface area contributed by atoms with Gasteiger partial charge in [0.25, 0.3) is 11.5 Å². The minimum atomic E-state index is -0.383. The van der Waals surface area contributed by atoms with Crippen LogP contribution in [0.15, 0.2) is 81.2 Å². The second-order valence-corrected chi connectivity index (χ2v) is 8.84. The summed E-state index contributed by atoms with van der Waals surface area (Å²) in [6, 6.07) is 15.7. The monoisotopic (exact) mass is 491 g/mol. The number of hydrogen-bond donors (Lipinski definition) is 0. The molecule has 1 aliphatic rings. The van der Waals surface area contributed by atoms with Crippen LogP contribution in [0.5, 0.6) is 17.4 Å². The van der Waals surface area contributed by atoms with Gasteiger partial charge in [0, 0.05) is 6.20 Å². The van der Waals surface area contributed by atoms with E-state index in [0.29, 0.717) is 27.2 Å². The molecule has 3 aromatic heterocycles. The number of benzene rings is 1. The molecule has 5 rings (SSSR count). The molecule has 0 N–H and O–H groups in total. The van der Waals surface area contributed by atoms with Crippen LogP contribution in [0.4, 0.5) is 0 Å². The van der Waals surface area contributed by atoms with Crippen LogP contribution in [0, 0.1) is 0 Å². The van der Waals surface area contributed by atoms with Gasteiger partial charge in [-0.15, -0.1) is 0 Å². The summed E-state index contributed by atoms with van der Waals surface area (Å²) in [5.74, 6) is 1.19. The molecular formula is C24H17N3O5S2. The molecule has 1 aliphatic heterocycles. The van der Waals surface area contributed by atoms with E-state index in [4.69, 9.17) is 26.1 Å². The van der Waals surface area contributed by atoms with E-state index in [1.165, 1.54) is 28.7 Å². The van der Waals surface area contributed by atoms with Crippen LogP contribution in [0.25, 0.3) is 11.7 Å². The number of carbonyl (C=O) groups is 1.